The number of hydrogen-bond acceptors (Lipinski definition) is 3. The highest BCUT2D eigenvalue weighted by Crippen LogP contribution is 1.98. The fourth-order valence-corrected chi connectivity index (χ4v) is 0.434. The molecule has 0 aromatic carbocycles. The van der Waals surface area contributed by atoms with Crippen molar-refractivity contribution in [2.75, 3.05) is 13.2 Å². The van der Waals surface area contributed by atoms with Crippen LogP contribution in [0.25, 0.3) is 0 Å². The number of rotatable bonds is 3. The van der Waals surface area contributed by atoms with Gasteiger partial charge in [0.05, 0.1) is 11.2 Å². The van der Waals surface area contributed by atoms with Crippen LogP contribution in [0.2, 0.25) is 0 Å². The molecular weight excluding hydrogens is 128 g/mol. The first-order valence-electron chi connectivity index (χ1n) is 2.21. The number of thiol groups is 2. The molecule has 0 rings (SSSR count). The molecule has 0 aromatic heterocycles. The minimum absolute atomic E-state index is 0.0694. The highest BCUT2D eigenvalue weighted by molar-refractivity contribution is 7.99. The largest absolute Gasteiger partial charge is 0.380 e. The van der Waals surface area contributed by atoms with Gasteiger partial charge < -0.3 is 4.74 Å². The Kier molecular flexibility index (Phi) is 5.26. The Hall–Kier alpha value is 0.660. The number of hydrogen-bond donors (Lipinski definition) is 2. The van der Waals surface area contributed by atoms with Crippen molar-refractivity contribution in [3.63, 3.8) is 0 Å². The van der Waals surface area contributed by atoms with E-state index in [1.807, 2.05) is 6.92 Å². The van der Waals surface area contributed by atoms with Crippen LogP contribution in [0.3, 0.4) is 0 Å². The summed E-state index contributed by atoms with van der Waals surface area (Å²) < 4.78 is 5.01. The highest BCUT2D eigenvalue weighted by atomic mass is 32.2. The van der Waals surface area contributed by atoms with Crippen molar-refractivity contribution in [1.82, 2.24) is 0 Å². The summed E-state index contributed by atoms with van der Waals surface area (Å²) in [5.74, 6) is 0. The quantitative estimate of drug-likeness (QED) is 0.440. The smallest absolute Gasteiger partial charge is 0.0675 e. The molecule has 0 bridgehead atoms. The maximum Gasteiger partial charge on any atom is 0.0675 e. The molecule has 0 saturated carbocycles. The normalized spacial score (nSPS) is 10.3. The van der Waals surface area contributed by atoms with Crippen molar-refractivity contribution in [3.8, 4) is 0 Å². The summed E-state index contributed by atoms with van der Waals surface area (Å²) in [5.41, 5.74) is 0. The Labute approximate surface area is 55.3 Å². The maximum atomic E-state index is 4.94. The van der Waals surface area contributed by atoms with E-state index in [2.05, 4.69) is 25.3 Å². The molecule has 0 aliphatic carbocycles. The van der Waals surface area contributed by atoms with Gasteiger partial charge in [-0.05, 0) is 6.92 Å². The van der Waals surface area contributed by atoms with Gasteiger partial charge in [0.15, 0.2) is 0 Å². The summed E-state index contributed by atoms with van der Waals surface area (Å²) in [6.07, 6.45) is 0. The van der Waals surface area contributed by atoms with Crippen LogP contribution in [0.1, 0.15) is 6.92 Å². The maximum absolute atomic E-state index is 4.94. The summed E-state index contributed by atoms with van der Waals surface area (Å²) in [4.78, 5) is 0. The second kappa shape index (κ2) is 4.81. The van der Waals surface area contributed by atoms with E-state index in [1.165, 1.54) is 0 Å². The summed E-state index contributed by atoms with van der Waals surface area (Å²) in [5, 5.41) is 0. The molecule has 0 radical (unpaired) electrons. The van der Waals surface area contributed by atoms with E-state index in [0.29, 0.717) is 6.61 Å². The Bertz CT molecular complexity index is 38.7. The van der Waals surface area contributed by atoms with E-state index >= 15 is 0 Å². The van der Waals surface area contributed by atoms with E-state index in [0.717, 1.165) is 6.61 Å². The third-order valence-electron chi connectivity index (χ3n) is 0.471. The average Bonchev–Trinajstić information content (AvgIpc) is 1.61. The molecule has 0 aliphatic heterocycles. The first-order chi connectivity index (χ1) is 3.27. The summed E-state index contributed by atoms with van der Waals surface area (Å²) in [6, 6.07) is 0. The summed E-state index contributed by atoms with van der Waals surface area (Å²) in [7, 11) is 0. The van der Waals surface area contributed by atoms with Gasteiger partial charge in [0.2, 0.25) is 0 Å². The lowest BCUT2D eigenvalue weighted by Crippen LogP contribution is -2.00. The molecule has 1 nitrogen and oxygen atoms in total. The van der Waals surface area contributed by atoms with Crippen LogP contribution in [0.5, 0.6) is 0 Å². The van der Waals surface area contributed by atoms with Crippen molar-refractivity contribution in [2.24, 2.45) is 0 Å². The second-order valence-corrected chi connectivity index (χ2v) is 2.79. The monoisotopic (exact) mass is 138 g/mol. The summed E-state index contributed by atoms with van der Waals surface area (Å²) >= 11 is 7.94. The van der Waals surface area contributed by atoms with Crippen molar-refractivity contribution >= 4 is 25.3 Å². The highest BCUT2D eigenvalue weighted by Gasteiger charge is 1.90. The molecule has 0 fully saturated rings. The molecule has 7 heavy (non-hydrogen) atoms. The van der Waals surface area contributed by atoms with E-state index in [9.17, 15) is 0 Å². The average molecular weight is 138 g/mol. The van der Waals surface area contributed by atoms with Crippen molar-refractivity contribution in [3.05, 3.63) is 0 Å². The molecule has 0 saturated heterocycles. The molecule has 0 atom stereocenters. The molecule has 0 N–H and O–H groups in total. The summed E-state index contributed by atoms with van der Waals surface area (Å²) in [6.45, 7) is 3.32. The zero-order valence-corrected chi connectivity index (χ0v) is 6.08. The Balaban J connectivity index is 2.68. The molecule has 0 amide bonds. The predicted octanol–water partition coefficient (Wildman–Crippen LogP) is 1.21. The Morgan fingerprint density at radius 2 is 2.14 bits per heavy atom. The van der Waals surface area contributed by atoms with Gasteiger partial charge >= 0.3 is 0 Å². The van der Waals surface area contributed by atoms with E-state index < -0.39 is 0 Å². The van der Waals surface area contributed by atoms with Gasteiger partial charge in [-0.1, -0.05) is 0 Å². The first-order valence-corrected chi connectivity index (χ1v) is 3.24. The lowest BCUT2D eigenvalue weighted by molar-refractivity contribution is 0.161. The van der Waals surface area contributed by atoms with Crippen LogP contribution in [0, 0.1) is 0 Å². The predicted molar refractivity (Wildman–Crippen MR) is 38.3 cm³/mol. The minimum Gasteiger partial charge on any atom is -0.380 e. The lowest BCUT2D eigenvalue weighted by atomic mass is 10.8. The first kappa shape index (κ1) is 7.66. The van der Waals surface area contributed by atoms with Crippen LogP contribution in [0.15, 0.2) is 0 Å². The zero-order chi connectivity index (χ0) is 5.70. The third kappa shape index (κ3) is 6.66. The van der Waals surface area contributed by atoms with Gasteiger partial charge in [0.25, 0.3) is 0 Å². The van der Waals surface area contributed by atoms with Crippen LogP contribution in [0.4, 0.5) is 0 Å². The fraction of sp³-hybridized carbons (Fsp3) is 1.00. The van der Waals surface area contributed by atoms with Crippen LogP contribution < -0.4 is 0 Å². The molecular formula is C4H10OS2. The van der Waals surface area contributed by atoms with Gasteiger partial charge in [-0.25, -0.2) is 0 Å². The van der Waals surface area contributed by atoms with Crippen LogP contribution in [-0.2, 0) is 4.74 Å². The zero-order valence-electron chi connectivity index (χ0n) is 4.29. The van der Waals surface area contributed by atoms with Crippen molar-refractivity contribution in [2.45, 2.75) is 11.5 Å². The second-order valence-electron chi connectivity index (χ2n) is 1.14. The molecule has 0 heterocycles. The minimum atomic E-state index is 0.0694. The van der Waals surface area contributed by atoms with E-state index in [4.69, 9.17) is 4.74 Å². The van der Waals surface area contributed by atoms with E-state index in [-0.39, 0.29) is 4.58 Å². The van der Waals surface area contributed by atoms with Crippen LogP contribution in [-0.4, -0.2) is 17.8 Å². The van der Waals surface area contributed by atoms with Crippen molar-refractivity contribution in [1.29, 1.82) is 0 Å². The SMILES string of the molecule is CCOCC(S)S. The van der Waals surface area contributed by atoms with Gasteiger partial charge in [0.1, 0.15) is 0 Å². The molecule has 0 spiro atoms. The third-order valence-corrected chi connectivity index (χ3v) is 0.769. The van der Waals surface area contributed by atoms with Gasteiger partial charge in [-0.3, -0.25) is 0 Å². The van der Waals surface area contributed by atoms with E-state index in [1.54, 1.807) is 0 Å². The van der Waals surface area contributed by atoms with Crippen LogP contribution >= 0.6 is 25.3 Å². The molecule has 0 unspecified atom stereocenters. The standard InChI is InChI=1S/C4H10OS2/c1-2-5-3-4(6)7/h4,6-7H,2-3H2,1H3. The van der Waals surface area contributed by atoms with Gasteiger partial charge in [-0.15, -0.1) is 0 Å². The van der Waals surface area contributed by atoms with Crippen molar-refractivity contribution < 1.29 is 4.74 Å². The fourth-order valence-electron chi connectivity index (χ4n) is 0.223. The lowest BCUT2D eigenvalue weighted by Gasteiger charge is -2.00. The molecule has 0 aliphatic rings. The van der Waals surface area contributed by atoms with Gasteiger partial charge in [0, 0.05) is 6.61 Å². The topological polar surface area (TPSA) is 9.23 Å². The Morgan fingerprint density at radius 1 is 1.57 bits per heavy atom. The number of ether oxygens (including phenoxy) is 1. The Morgan fingerprint density at radius 3 is 2.29 bits per heavy atom. The molecule has 0 aromatic rings. The molecule has 3 heteroatoms. The van der Waals surface area contributed by atoms with Gasteiger partial charge in [-0.2, -0.15) is 25.3 Å². The molecule has 44 valence electrons.